The van der Waals surface area contributed by atoms with Gasteiger partial charge in [0.05, 0.1) is 7.11 Å². The average Bonchev–Trinajstić information content (AvgIpc) is 3.21. The highest BCUT2D eigenvalue weighted by Gasteiger charge is 2.40. The molecule has 3 rings (SSSR count). The molecule has 2 amide bonds. The van der Waals surface area contributed by atoms with E-state index in [2.05, 4.69) is 10.3 Å². The Bertz CT molecular complexity index is 896. The summed E-state index contributed by atoms with van der Waals surface area (Å²) < 4.78 is 5.56. The number of nitrogens with zero attached hydrogens (tertiary/aromatic N) is 1. The lowest BCUT2D eigenvalue weighted by atomic mass is 9.89. The standard InChI is InChI=1S/C22H25N3O3/c1-4-6-12-25-14-18(16-9-11-23-20(16)22(25)27)17-13-15(7-8-19(17)28-3)21(26)24-10-5-2/h4,6-9,11,13-14,20H,5,10,12H2,1-3H3,(H,24,26)/p+1/b6-4+. The van der Waals surface area contributed by atoms with E-state index >= 15 is 0 Å². The van der Waals surface area contributed by atoms with Gasteiger partial charge in [0, 0.05) is 47.6 Å². The number of hydrogen-bond donors (Lipinski definition) is 2. The molecular formula is C22H26N3O3+. The van der Waals surface area contributed by atoms with Crippen LogP contribution in [-0.2, 0) is 4.79 Å². The fourth-order valence-corrected chi connectivity index (χ4v) is 3.32. The zero-order valence-electron chi connectivity index (χ0n) is 16.5. The summed E-state index contributed by atoms with van der Waals surface area (Å²) in [6, 6.07) is 4.96. The highest BCUT2D eigenvalue weighted by atomic mass is 16.5. The minimum absolute atomic E-state index is 0.00217. The Balaban J connectivity index is 2.06. The lowest BCUT2D eigenvalue weighted by Crippen LogP contribution is -2.79. The fraction of sp³-hybridized carbons (Fsp3) is 0.318. The molecule has 1 aromatic carbocycles. The first-order valence-electron chi connectivity index (χ1n) is 9.50. The van der Waals surface area contributed by atoms with Crippen molar-refractivity contribution in [2.75, 3.05) is 20.2 Å². The van der Waals surface area contributed by atoms with Crippen LogP contribution in [-0.4, -0.2) is 49.2 Å². The van der Waals surface area contributed by atoms with Gasteiger partial charge in [-0.15, -0.1) is 0 Å². The Morgan fingerprint density at radius 1 is 1.39 bits per heavy atom. The molecule has 1 aromatic rings. The van der Waals surface area contributed by atoms with Gasteiger partial charge in [0.1, 0.15) is 5.75 Å². The van der Waals surface area contributed by atoms with Gasteiger partial charge < -0.3 is 15.0 Å². The second kappa shape index (κ2) is 8.69. The highest BCUT2D eigenvalue weighted by Crippen LogP contribution is 2.36. The minimum atomic E-state index is -0.424. The average molecular weight is 380 g/mol. The number of fused-ring (bicyclic) bond motifs is 1. The van der Waals surface area contributed by atoms with Crippen molar-refractivity contribution in [1.29, 1.82) is 0 Å². The zero-order valence-corrected chi connectivity index (χ0v) is 16.5. The zero-order chi connectivity index (χ0) is 20.1. The molecule has 1 unspecified atom stereocenters. The first-order chi connectivity index (χ1) is 13.6. The summed E-state index contributed by atoms with van der Waals surface area (Å²) in [5.41, 5.74) is 3.11. The number of ether oxygens (including phenoxy) is 1. The number of nitrogens with one attached hydrogen (secondary N) is 2. The third-order valence-electron chi connectivity index (χ3n) is 4.79. The van der Waals surface area contributed by atoms with E-state index in [1.165, 1.54) is 0 Å². The lowest BCUT2D eigenvalue weighted by Gasteiger charge is -2.27. The molecule has 146 valence electrons. The Labute approximate surface area is 165 Å². The number of hydrogen-bond acceptors (Lipinski definition) is 3. The van der Waals surface area contributed by atoms with E-state index in [1.54, 1.807) is 30.4 Å². The monoisotopic (exact) mass is 380 g/mol. The van der Waals surface area contributed by atoms with Crippen molar-refractivity contribution in [1.82, 2.24) is 10.2 Å². The van der Waals surface area contributed by atoms with E-state index in [4.69, 9.17) is 4.74 Å². The molecule has 0 aromatic heterocycles. The minimum Gasteiger partial charge on any atom is -0.496 e. The predicted molar refractivity (Wildman–Crippen MR) is 109 cm³/mol. The number of allylic oxidation sites excluding steroid dienone is 2. The maximum atomic E-state index is 12.8. The van der Waals surface area contributed by atoms with Gasteiger partial charge in [-0.25, -0.2) is 4.99 Å². The Hall–Kier alpha value is -3.15. The normalized spacial score (nSPS) is 18.2. The quantitative estimate of drug-likeness (QED) is 0.695. The highest BCUT2D eigenvalue weighted by molar-refractivity contribution is 6.03. The van der Waals surface area contributed by atoms with E-state index in [0.717, 1.165) is 23.1 Å². The predicted octanol–water partition coefficient (Wildman–Crippen LogP) is 1.05. The van der Waals surface area contributed by atoms with Crippen molar-refractivity contribution in [3.8, 4) is 5.75 Å². The third kappa shape index (κ3) is 3.76. The van der Waals surface area contributed by atoms with E-state index < -0.39 is 6.04 Å². The third-order valence-corrected chi connectivity index (χ3v) is 4.79. The molecular weight excluding hydrogens is 354 g/mol. The summed E-state index contributed by atoms with van der Waals surface area (Å²) >= 11 is 0. The molecule has 0 aliphatic carbocycles. The molecule has 6 nitrogen and oxygen atoms in total. The van der Waals surface area contributed by atoms with Gasteiger partial charge in [-0.2, -0.15) is 0 Å². The van der Waals surface area contributed by atoms with Gasteiger partial charge in [-0.3, -0.25) is 9.59 Å². The van der Waals surface area contributed by atoms with Crippen LogP contribution in [0.25, 0.3) is 5.57 Å². The molecule has 6 heteroatoms. The smallest absolute Gasteiger partial charge is 0.300 e. The SMILES string of the molecule is C/C=C/CN1C=C(c2cc(C(=O)NCCC)ccc2OC)C2=CC=[NH+]C2C1=O. The number of rotatable bonds is 7. The van der Waals surface area contributed by atoms with Crippen LogP contribution in [0.2, 0.25) is 0 Å². The molecule has 2 N–H and O–H groups in total. The van der Waals surface area contributed by atoms with Crippen LogP contribution in [0.3, 0.4) is 0 Å². The summed E-state index contributed by atoms with van der Waals surface area (Å²) in [6.45, 7) is 5.05. The molecule has 0 fully saturated rings. The maximum absolute atomic E-state index is 12.8. The van der Waals surface area contributed by atoms with Crippen LogP contribution in [0.15, 0.2) is 48.2 Å². The molecule has 2 aliphatic rings. The van der Waals surface area contributed by atoms with Gasteiger partial charge in [-0.1, -0.05) is 19.1 Å². The van der Waals surface area contributed by atoms with Gasteiger partial charge in [0.2, 0.25) is 0 Å². The molecule has 1 atom stereocenters. The van der Waals surface area contributed by atoms with E-state index in [9.17, 15) is 9.59 Å². The fourth-order valence-electron chi connectivity index (χ4n) is 3.32. The van der Waals surface area contributed by atoms with E-state index in [-0.39, 0.29) is 11.8 Å². The largest absolute Gasteiger partial charge is 0.496 e. The lowest BCUT2D eigenvalue weighted by molar-refractivity contribution is -0.467. The number of methoxy groups -OCH3 is 1. The number of amides is 2. The Kier molecular flexibility index (Phi) is 6.09. The van der Waals surface area contributed by atoms with Crippen molar-refractivity contribution in [2.45, 2.75) is 26.3 Å². The molecule has 28 heavy (non-hydrogen) atoms. The maximum Gasteiger partial charge on any atom is 0.300 e. The Morgan fingerprint density at radius 3 is 2.93 bits per heavy atom. The van der Waals surface area contributed by atoms with Crippen molar-refractivity contribution < 1.29 is 19.3 Å². The van der Waals surface area contributed by atoms with Crippen molar-refractivity contribution in [3.05, 3.63) is 59.3 Å². The number of carbonyl (C=O) groups is 2. The molecule has 2 aliphatic heterocycles. The number of benzene rings is 1. The summed E-state index contributed by atoms with van der Waals surface area (Å²) in [7, 11) is 1.60. The molecule has 0 saturated carbocycles. The van der Waals surface area contributed by atoms with Crippen LogP contribution >= 0.6 is 0 Å². The second-order valence-electron chi connectivity index (χ2n) is 6.66. The Morgan fingerprint density at radius 2 is 2.21 bits per heavy atom. The van der Waals surface area contributed by atoms with Crippen LogP contribution in [0.4, 0.5) is 0 Å². The first kappa shape index (κ1) is 19.6. The van der Waals surface area contributed by atoms with Crippen LogP contribution in [0.5, 0.6) is 5.75 Å². The molecule has 0 spiro atoms. The summed E-state index contributed by atoms with van der Waals surface area (Å²) in [4.78, 5) is 30.0. The van der Waals surface area contributed by atoms with E-state index in [1.807, 2.05) is 44.3 Å². The van der Waals surface area contributed by atoms with Gasteiger partial charge in [-0.05, 0) is 31.5 Å². The van der Waals surface area contributed by atoms with Crippen LogP contribution in [0, 0.1) is 0 Å². The topological polar surface area (TPSA) is 72.6 Å². The first-order valence-corrected chi connectivity index (χ1v) is 9.50. The molecule has 0 saturated heterocycles. The van der Waals surface area contributed by atoms with Gasteiger partial charge >= 0.3 is 0 Å². The summed E-state index contributed by atoms with van der Waals surface area (Å²) in [5, 5.41) is 2.90. The second-order valence-corrected chi connectivity index (χ2v) is 6.66. The summed E-state index contributed by atoms with van der Waals surface area (Å²) in [5.74, 6) is 0.536. The van der Waals surface area contributed by atoms with E-state index in [0.29, 0.717) is 24.4 Å². The van der Waals surface area contributed by atoms with Gasteiger partial charge in [0.25, 0.3) is 17.9 Å². The number of carbonyl (C=O) groups excluding carboxylic acids is 2. The summed E-state index contributed by atoms with van der Waals surface area (Å²) in [6.07, 6.45) is 10.3. The molecule has 0 radical (unpaired) electrons. The molecule has 0 bridgehead atoms. The van der Waals surface area contributed by atoms with Crippen molar-refractivity contribution in [3.63, 3.8) is 0 Å². The van der Waals surface area contributed by atoms with Gasteiger partial charge in [0.15, 0.2) is 6.21 Å². The van der Waals surface area contributed by atoms with Crippen LogP contribution in [0.1, 0.15) is 36.2 Å². The van der Waals surface area contributed by atoms with Crippen LogP contribution < -0.4 is 15.0 Å². The van der Waals surface area contributed by atoms with Crippen molar-refractivity contribution in [2.24, 2.45) is 0 Å². The molecule has 2 heterocycles. The van der Waals surface area contributed by atoms with Crippen molar-refractivity contribution >= 4 is 23.6 Å².